The lowest BCUT2D eigenvalue weighted by atomic mass is 9.97. The van der Waals surface area contributed by atoms with Gasteiger partial charge in [0.1, 0.15) is 23.7 Å². The Hall–Kier alpha value is -3.59. The molecule has 0 aliphatic carbocycles. The van der Waals surface area contributed by atoms with E-state index in [2.05, 4.69) is 10.3 Å². The number of phenols is 1. The maximum absolute atomic E-state index is 13.6. The number of aromatic hydroxyl groups is 1. The first-order valence-electron chi connectivity index (χ1n) is 9.48. The molecule has 160 valence electrons. The first kappa shape index (κ1) is 20.7. The van der Waals surface area contributed by atoms with Crippen molar-refractivity contribution < 1.29 is 23.1 Å². The number of rotatable bonds is 4. The molecular weight excluding hydrogens is 418 g/mol. The van der Waals surface area contributed by atoms with Gasteiger partial charge in [-0.25, -0.2) is 8.42 Å². The van der Waals surface area contributed by atoms with Crippen LogP contribution < -0.4 is 14.4 Å². The minimum atomic E-state index is -4.14. The Kier molecular flexibility index (Phi) is 5.06. The highest BCUT2D eigenvalue weighted by molar-refractivity contribution is 7.93. The number of aromatic nitrogens is 1. The van der Waals surface area contributed by atoms with Gasteiger partial charge in [0.05, 0.1) is 29.5 Å². The molecule has 0 saturated heterocycles. The monoisotopic (exact) mass is 439 g/mol. The van der Waals surface area contributed by atoms with Crippen LogP contribution in [-0.2, 0) is 14.8 Å². The third-order valence-electron chi connectivity index (χ3n) is 5.06. The summed E-state index contributed by atoms with van der Waals surface area (Å²) in [5, 5.41) is 13.3. The highest BCUT2D eigenvalue weighted by atomic mass is 32.2. The van der Waals surface area contributed by atoms with Crippen LogP contribution in [0.3, 0.4) is 0 Å². The van der Waals surface area contributed by atoms with E-state index in [9.17, 15) is 18.3 Å². The molecule has 0 unspecified atom stereocenters. The lowest BCUT2D eigenvalue weighted by Gasteiger charge is -2.34. The van der Waals surface area contributed by atoms with Crippen molar-refractivity contribution in [2.24, 2.45) is 0 Å². The second-order valence-corrected chi connectivity index (χ2v) is 9.07. The second-order valence-electron chi connectivity index (χ2n) is 7.27. The molecule has 31 heavy (non-hydrogen) atoms. The van der Waals surface area contributed by atoms with E-state index in [0.717, 1.165) is 9.87 Å². The van der Waals surface area contributed by atoms with Crippen molar-refractivity contribution >= 4 is 27.3 Å². The van der Waals surface area contributed by atoms with E-state index in [4.69, 9.17) is 4.74 Å². The fraction of sp³-hybridized carbons (Fsp3) is 0.182. The van der Waals surface area contributed by atoms with Gasteiger partial charge in [-0.15, -0.1) is 0 Å². The number of benzene rings is 2. The topological polar surface area (TPSA) is 109 Å². The summed E-state index contributed by atoms with van der Waals surface area (Å²) in [5.74, 6) is -0.442. The average Bonchev–Trinajstić information content (AvgIpc) is 2.71. The van der Waals surface area contributed by atoms with Gasteiger partial charge < -0.3 is 15.2 Å². The van der Waals surface area contributed by atoms with Gasteiger partial charge in [-0.3, -0.25) is 14.1 Å². The SMILES string of the molecule is COc1ccc(O)c2c1-c1cc(C)cc(C)c1S(=O)(=O)N2CC(=O)Nc1cccnc1. The van der Waals surface area contributed by atoms with E-state index in [1.165, 1.54) is 19.4 Å². The van der Waals surface area contributed by atoms with Crippen LogP contribution in [0.15, 0.2) is 53.7 Å². The van der Waals surface area contributed by atoms with Crippen LogP contribution in [0.25, 0.3) is 11.1 Å². The summed E-state index contributed by atoms with van der Waals surface area (Å²) >= 11 is 0. The molecular formula is C22H21N3O5S. The summed E-state index contributed by atoms with van der Waals surface area (Å²) in [7, 11) is -2.67. The predicted octanol–water partition coefficient (Wildman–Crippen LogP) is 3.23. The second kappa shape index (κ2) is 7.59. The molecule has 0 atom stereocenters. The van der Waals surface area contributed by atoms with Gasteiger partial charge in [0.25, 0.3) is 10.0 Å². The molecule has 2 aromatic carbocycles. The summed E-state index contributed by atoms with van der Waals surface area (Å²) in [6.45, 7) is 3.04. The number of pyridine rings is 1. The first-order chi connectivity index (χ1) is 14.7. The number of carbonyl (C=O) groups is 1. The third-order valence-corrected chi connectivity index (χ3v) is 7.01. The minimum absolute atomic E-state index is 0.0122. The molecule has 0 radical (unpaired) electrons. The van der Waals surface area contributed by atoms with Crippen molar-refractivity contribution in [2.45, 2.75) is 18.7 Å². The number of phenolic OH excluding ortho intramolecular Hbond substituents is 1. The molecule has 2 N–H and O–H groups in total. The molecule has 2 heterocycles. The van der Waals surface area contributed by atoms with Crippen LogP contribution in [0, 0.1) is 13.8 Å². The van der Waals surface area contributed by atoms with Crippen molar-refractivity contribution in [3.63, 3.8) is 0 Å². The molecule has 8 nitrogen and oxygen atoms in total. The normalized spacial score (nSPS) is 13.8. The van der Waals surface area contributed by atoms with Crippen molar-refractivity contribution in [1.82, 2.24) is 4.98 Å². The van der Waals surface area contributed by atoms with Crippen LogP contribution in [0.4, 0.5) is 11.4 Å². The number of methoxy groups -OCH3 is 1. The first-order valence-corrected chi connectivity index (χ1v) is 10.9. The molecule has 0 spiro atoms. The average molecular weight is 439 g/mol. The molecule has 0 bridgehead atoms. The van der Waals surface area contributed by atoms with Crippen molar-refractivity contribution in [1.29, 1.82) is 0 Å². The van der Waals surface area contributed by atoms with E-state index in [-0.39, 0.29) is 16.3 Å². The Balaban J connectivity index is 1.90. The van der Waals surface area contributed by atoms with Gasteiger partial charge in [-0.1, -0.05) is 11.6 Å². The van der Waals surface area contributed by atoms with E-state index in [0.29, 0.717) is 28.1 Å². The summed E-state index contributed by atoms with van der Waals surface area (Å²) < 4.78 is 33.6. The quantitative estimate of drug-likeness (QED) is 0.646. The summed E-state index contributed by atoms with van der Waals surface area (Å²) in [6.07, 6.45) is 3.02. The zero-order valence-electron chi connectivity index (χ0n) is 17.2. The Morgan fingerprint density at radius 1 is 1.23 bits per heavy atom. The molecule has 1 aliphatic rings. The summed E-state index contributed by atoms with van der Waals surface area (Å²) in [4.78, 5) is 16.8. The highest BCUT2D eigenvalue weighted by Crippen LogP contribution is 2.52. The van der Waals surface area contributed by atoms with Gasteiger partial charge in [0.15, 0.2) is 0 Å². The molecule has 0 fully saturated rings. The molecule has 4 rings (SSSR count). The van der Waals surface area contributed by atoms with E-state index < -0.39 is 22.5 Å². The number of anilines is 2. The van der Waals surface area contributed by atoms with Crippen molar-refractivity contribution in [3.05, 3.63) is 59.9 Å². The number of amides is 1. The van der Waals surface area contributed by atoms with E-state index >= 15 is 0 Å². The van der Waals surface area contributed by atoms with Crippen LogP contribution in [0.5, 0.6) is 11.5 Å². The summed E-state index contributed by atoms with van der Waals surface area (Å²) in [6, 6.07) is 9.74. The number of ether oxygens (including phenoxy) is 1. The number of carbonyl (C=O) groups excluding carboxylic acids is 1. The molecule has 9 heteroatoms. The number of nitrogens with one attached hydrogen (secondary N) is 1. The Bertz CT molecular complexity index is 1290. The number of fused-ring (bicyclic) bond motifs is 3. The number of aryl methyl sites for hydroxylation is 2. The fourth-order valence-electron chi connectivity index (χ4n) is 3.89. The molecule has 1 amide bonds. The number of sulfonamides is 1. The zero-order valence-corrected chi connectivity index (χ0v) is 18.0. The fourth-order valence-corrected chi connectivity index (χ4v) is 5.73. The number of nitrogens with zero attached hydrogens (tertiary/aromatic N) is 2. The molecule has 0 saturated carbocycles. The van der Waals surface area contributed by atoms with Gasteiger partial charge in [0.2, 0.25) is 5.91 Å². The lowest BCUT2D eigenvalue weighted by molar-refractivity contribution is -0.114. The van der Waals surface area contributed by atoms with E-state index in [1.54, 1.807) is 43.5 Å². The van der Waals surface area contributed by atoms with Crippen molar-refractivity contribution in [3.8, 4) is 22.6 Å². The zero-order chi connectivity index (χ0) is 22.3. The maximum Gasteiger partial charge on any atom is 0.265 e. The highest BCUT2D eigenvalue weighted by Gasteiger charge is 2.40. The largest absolute Gasteiger partial charge is 0.506 e. The third kappa shape index (κ3) is 3.46. The standard InChI is InChI=1S/C22H21N3O5S/c1-13-9-14(2)22-16(10-13)20-18(30-3)7-6-17(26)21(20)25(31(22,28)29)12-19(27)24-15-5-4-8-23-11-15/h4-11,26H,12H2,1-3H3,(H,24,27). The van der Waals surface area contributed by atoms with Gasteiger partial charge in [-0.05, 0) is 49.7 Å². The van der Waals surface area contributed by atoms with Crippen LogP contribution in [-0.4, -0.2) is 38.1 Å². The van der Waals surface area contributed by atoms with Gasteiger partial charge in [0, 0.05) is 11.8 Å². The smallest absolute Gasteiger partial charge is 0.265 e. The Morgan fingerprint density at radius 2 is 2.00 bits per heavy atom. The van der Waals surface area contributed by atoms with Gasteiger partial charge in [-0.2, -0.15) is 0 Å². The summed E-state index contributed by atoms with van der Waals surface area (Å²) in [5.41, 5.74) is 2.72. The van der Waals surface area contributed by atoms with Crippen LogP contribution in [0.2, 0.25) is 0 Å². The van der Waals surface area contributed by atoms with Crippen LogP contribution >= 0.6 is 0 Å². The number of hydrogen-bond donors (Lipinski definition) is 2. The Morgan fingerprint density at radius 3 is 2.68 bits per heavy atom. The Labute approximate surface area is 180 Å². The van der Waals surface area contributed by atoms with Crippen molar-refractivity contribution in [2.75, 3.05) is 23.3 Å². The number of hydrogen-bond acceptors (Lipinski definition) is 6. The van der Waals surface area contributed by atoms with Gasteiger partial charge >= 0.3 is 0 Å². The minimum Gasteiger partial charge on any atom is -0.506 e. The maximum atomic E-state index is 13.6. The van der Waals surface area contributed by atoms with Crippen LogP contribution in [0.1, 0.15) is 11.1 Å². The molecule has 3 aromatic rings. The predicted molar refractivity (Wildman–Crippen MR) is 117 cm³/mol. The molecule has 1 aromatic heterocycles. The van der Waals surface area contributed by atoms with E-state index in [1.807, 2.05) is 6.92 Å². The molecule has 1 aliphatic heterocycles. The lowest BCUT2D eigenvalue weighted by Crippen LogP contribution is -2.40.